The van der Waals surface area contributed by atoms with Gasteiger partial charge in [0.05, 0.1) is 0 Å². The second kappa shape index (κ2) is 9.77. The predicted molar refractivity (Wildman–Crippen MR) is 15.9 cm³/mol. The van der Waals surface area contributed by atoms with Crippen LogP contribution in [0.5, 0.6) is 0 Å². The Bertz CT molecular complexity index is 10.8. The van der Waals surface area contributed by atoms with E-state index in [1.807, 2.05) is 6.92 Å². The molecule has 0 bridgehead atoms. The first-order valence-electron chi connectivity index (χ1n) is 0.986. The molecule has 0 aliphatic heterocycles. The van der Waals surface area contributed by atoms with Crippen LogP contribution in [-0.4, -0.2) is 0 Å². The van der Waals surface area contributed by atoms with Crippen LogP contribution in [0, 0.1) is 0 Å². The molecule has 0 aromatic heterocycles. The Morgan fingerprint density at radius 3 is 1.75 bits per heavy atom. The van der Waals surface area contributed by atoms with Gasteiger partial charge in [-0.05, 0) is 6.92 Å². The van der Waals surface area contributed by atoms with E-state index in [-0.39, 0.29) is 22.4 Å². The average molecular weight is 223 g/mol. The maximum Gasteiger partial charge on any atom is 0 e. The number of rotatable bonds is 0. The molecule has 0 saturated carbocycles. The molecule has 0 aromatic rings. The van der Waals surface area contributed by atoms with Crippen molar-refractivity contribution in [1.29, 1.82) is 0 Å². The van der Waals surface area contributed by atoms with Gasteiger partial charge in [0.1, 0.15) is 0 Å². The second-order valence-electron chi connectivity index (χ2n) is 0.408. The molecule has 0 saturated heterocycles. The van der Waals surface area contributed by atoms with Gasteiger partial charge in [-0.25, -0.2) is 0 Å². The zero-order chi connectivity index (χ0) is 2.71. The van der Waals surface area contributed by atoms with E-state index in [9.17, 15) is 0 Å². The van der Waals surface area contributed by atoms with Crippen LogP contribution in [0.1, 0.15) is 6.92 Å². The first-order valence-corrected chi connectivity index (χ1v) is 0.986. The van der Waals surface area contributed by atoms with Gasteiger partial charge in [0.2, 0.25) is 0 Å². The van der Waals surface area contributed by atoms with Crippen LogP contribution in [0.4, 0.5) is 0 Å². The maximum atomic E-state index is 3.36. The first-order chi connectivity index (χ1) is 1.41. The summed E-state index contributed by atoms with van der Waals surface area (Å²) >= 11 is 0. The molecule has 0 aliphatic carbocycles. The Balaban J connectivity index is 0. The fourth-order valence-electron chi connectivity index (χ4n) is 0. The second-order valence-corrected chi connectivity index (χ2v) is 0.408. The van der Waals surface area contributed by atoms with Gasteiger partial charge in [0, 0.05) is 22.4 Å². The molecule has 0 aromatic carbocycles. The quantitative estimate of drug-likeness (QED) is 0.541. The largest absolute Gasteiger partial charge is 0.103 e. The Hall–Kier alpha value is 0.480. The van der Waals surface area contributed by atoms with E-state index in [1.165, 1.54) is 0 Å². The number of hydrogen-bond acceptors (Lipinski definition) is 0. The topological polar surface area (TPSA) is 0 Å². The standard InChI is InChI=1S/C3H6.Ta/c1-3-2;/h3H,1H2,2H3;. The normalized spacial score (nSPS) is 3.25. The van der Waals surface area contributed by atoms with E-state index in [4.69, 9.17) is 0 Å². The van der Waals surface area contributed by atoms with Crippen molar-refractivity contribution in [2.45, 2.75) is 6.92 Å². The van der Waals surface area contributed by atoms with Crippen molar-refractivity contribution in [3.8, 4) is 0 Å². The molecule has 0 amide bonds. The fraction of sp³-hybridized carbons (Fsp3) is 0.333. The van der Waals surface area contributed by atoms with E-state index in [0.717, 1.165) is 0 Å². The van der Waals surface area contributed by atoms with Crippen molar-refractivity contribution in [1.82, 2.24) is 0 Å². The summed E-state index contributed by atoms with van der Waals surface area (Å²) in [4.78, 5) is 0. The van der Waals surface area contributed by atoms with Gasteiger partial charge in [0.15, 0.2) is 0 Å². The fourth-order valence-corrected chi connectivity index (χ4v) is 0. The zero-order valence-corrected chi connectivity index (χ0v) is 5.95. The third-order valence-corrected chi connectivity index (χ3v) is 0. The monoisotopic (exact) mass is 223 g/mol. The Morgan fingerprint density at radius 1 is 1.75 bits per heavy atom. The van der Waals surface area contributed by atoms with Crippen LogP contribution in [0.25, 0.3) is 0 Å². The predicted octanol–water partition coefficient (Wildman–Crippen LogP) is 1.19. The first kappa shape index (κ1) is 8.82. The summed E-state index contributed by atoms with van der Waals surface area (Å²) in [7, 11) is 0. The van der Waals surface area contributed by atoms with Gasteiger partial charge in [0.25, 0.3) is 0 Å². The van der Waals surface area contributed by atoms with Crippen molar-refractivity contribution in [3.05, 3.63) is 12.7 Å². The molecule has 0 unspecified atom stereocenters. The summed E-state index contributed by atoms with van der Waals surface area (Å²) in [6, 6.07) is 0. The number of allylic oxidation sites excluding steroid dienone is 1. The summed E-state index contributed by atoms with van der Waals surface area (Å²) in [6.07, 6.45) is 1.75. The van der Waals surface area contributed by atoms with E-state index < -0.39 is 0 Å². The SMILES string of the molecule is C=CC.[Ta]. The summed E-state index contributed by atoms with van der Waals surface area (Å²) in [6.45, 7) is 5.25. The Kier molecular flexibility index (Phi) is 21.5. The molecule has 0 nitrogen and oxygen atoms in total. The zero-order valence-electron chi connectivity index (χ0n) is 2.73. The summed E-state index contributed by atoms with van der Waals surface area (Å²) in [5, 5.41) is 0. The molecule has 0 heterocycles. The maximum absolute atomic E-state index is 3.36. The molecular formula is C3H6Ta. The minimum Gasteiger partial charge on any atom is -0.103 e. The minimum absolute atomic E-state index is 0. The average Bonchev–Trinajstić information content (AvgIpc) is 0.918. The van der Waals surface area contributed by atoms with Gasteiger partial charge in [-0.2, -0.15) is 0 Å². The molecule has 1 radical (unpaired) electrons. The van der Waals surface area contributed by atoms with Gasteiger partial charge >= 0.3 is 0 Å². The van der Waals surface area contributed by atoms with Gasteiger partial charge in [-0.15, -0.1) is 6.58 Å². The molecular weight excluding hydrogens is 217 g/mol. The van der Waals surface area contributed by atoms with E-state index in [0.29, 0.717) is 0 Å². The third kappa shape index (κ3) is 23.6. The van der Waals surface area contributed by atoms with Crippen molar-refractivity contribution < 1.29 is 22.4 Å². The molecule has 4 heavy (non-hydrogen) atoms. The van der Waals surface area contributed by atoms with Crippen LogP contribution < -0.4 is 0 Å². The minimum atomic E-state index is 0. The van der Waals surface area contributed by atoms with Crippen LogP contribution >= 0.6 is 0 Å². The molecule has 0 atom stereocenters. The Labute approximate surface area is 42.4 Å². The van der Waals surface area contributed by atoms with Gasteiger partial charge in [-0.1, -0.05) is 6.08 Å². The van der Waals surface area contributed by atoms with Crippen molar-refractivity contribution >= 4 is 0 Å². The Morgan fingerprint density at radius 2 is 1.75 bits per heavy atom. The van der Waals surface area contributed by atoms with Crippen LogP contribution in [-0.2, 0) is 22.4 Å². The molecule has 0 fully saturated rings. The van der Waals surface area contributed by atoms with E-state index >= 15 is 0 Å². The van der Waals surface area contributed by atoms with Crippen molar-refractivity contribution in [2.75, 3.05) is 0 Å². The van der Waals surface area contributed by atoms with Crippen LogP contribution in [0.3, 0.4) is 0 Å². The molecule has 0 spiro atoms. The molecule has 0 N–H and O–H groups in total. The molecule has 0 rings (SSSR count). The number of hydrogen-bond donors (Lipinski definition) is 0. The molecule has 1 heteroatoms. The van der Waals surface area contributed by atoms with Gasteiger partial charge in [-0.3, -0.25) is 0 Å². The summed E-state index contributed by atoms with van der Waals surface area (Å²) < 4.78 is 0. The smallest absolute Gasteiger partial charge is 0 e. The van der Waals surface area contributed by atoms with Gasteiger partial charge < -0.3 is 0 Å². The molecule has 0 aliphatic rings. The van der Waals surface area contributed by atoms with Crippen LogP contribution in [0.2, 0.25) is 0 Å². The third-order valence-electron chi connectivity index (χ3n) is 0. The van der Waals surface area contributed by atoms with E-state index in [2.05, 4.69) is 6.58 Å². The summed E-state index contributed by atoms with van der Waals surface area (Å²) in [5.74, 6) is 0. The van der Waals surface area contributed by atoms with Crippen molar-refractivity contribution in [3.63, 3.8) is 0 Å². The summed E-state index contributed by atoms with van der Waals surface area (Å²) in [5.41, 5.74) is 0. The van der Waals surface area contributed by atoms with E-state index in [1.54, 1.807) is 6.08 Å². The van der Waals surface area contributed by atoms with Crippen molar-refractivity contribution in [2.24, 2.45) is 0 Å². The van der Waals surface area contributed by atoms with Crippen LogP contribution in [0.15, 0.2) is 12.7 Å². The molecule has 23 valence electrons.